The van der Waals surface area contributed by atoms with Crippen molar-refractivity contribution in [2.45, 2.75) is 13.1 Å². The topological polar surface area (TPSA) is 102 Å². The number of amides is 2. The van der Waals surface area contributed by atoms with Gasteiger partial charge in [0.2, 0.25) is 0 Å². The number of benzene rings is 3. The Bertz CT molecular complexity index is 1440. The number of fused-ring (bicyclic) bond motifs is 3. The van der Waals surface area contributed by atoms with Crippen LogP contribution < -0.4 is 20.1 Å². The maximum Gasteiger partial charge on any atom is 0.258 e. The average molecular weight is 507 g/mol. The molecule has 0 aliphatic heterocycles. The highest BCUT2D eigenvalue weighted by Gasteiger charge is 2.20. The van der Waals surface area contributed by atoms with Gasteiger partial charge in [-0.15, -0.1) is 0 Å². The van der Waals surface area contributed by atoms with Crippen LogP contribution in [0.15, 0.2) is 97.3 Å². The quantitative estimate of drug-likeness (QED) is 0.276. The standard InChI is InChI=1S/C30H26N4O4/c35-25(33-17-21-9-3-1-4-10-21)19-37-29-23-13-7-15-31-27(23)28-24(14-8-16-32-28)30(29)38-20-26(36)34-18-22-11-5-2-6-12-22/h1-16H,17-20H2,(H,33,35)(H,34,36). The van der Waals surface area contributed by atoms with Crippen molar-refractivity contribution >= 4 is 33.6 Å². The summed E-state index contributed by atoms with van der Waals surface area (Å²) in [6, 6.07) is 26.5. The molecule has 38 heavy (non-hydrogen) atoms. The molecule has 8 heteroatoms. The van der Waals surface area contributed by atoms with Crippen LogP contribution in [0.25, 0.3) is 21.8 Å². The highest BCUT2D eigenvalue weighted by molar-refractivity contribution is 6.10. The second-order valence-electron chi connectivity index (χ2n) is 8.56. The van der Waals surface area contributed by atoms with Gasteiger partial charge in [-0.1, -0.05) is 60.7 Å². The van der Waals surface area contributed by atoms with Gasteiger partial charge in [0, 0.05) is 36.3 Å². The summed E-state index contributed by atoms with van der Waals surface area (Å²) in [5, 5.41) is 6.99. The number of carbonyl (C=O) groups excluding carboxylic acids is 2. The van der Waals surface area contributed by atoms with Crippen molar-refractivity contribution in [3.05, 3.63) is 108 Å². The Morgan fingerprint density at radius 2 is 1.00 bits per heavy atom. The Kier molecular flexibility index (Phi) is 7.69. The van der Waals surface area contributed by atoms with Crippen molar-refractivity contribution < 1.29 is 19.1 Å². The predicted molar refractivity (Wildman–Crippen MR) is 145 cm³/mol. The highest BCUT2D eigenvalue weighted by Crippen LogP contribution is 2.42. The number of nitrogens with zero attached hydrogens (tertiary/aromatic N) is 2. The van der Waals surface area contributed by atoms with Crippen LogP contribution in [0.3, 0.4) is 0 Å². The monoisotopic (exact) mass is 506 g/mol. The lowest BCUT2D eigenvalue weighted by Gasteiger charge is -2.17. The first-order valence-electron chi connectivity index (χ1n) is 12.2. The Labute approximate surface area is 219 Å². The minimum Gasteiger partial charge on any atom is -0.479 e. The molecule has 2 heterocycles. The van der Waals surface area contributed by atoms with E-state index in [2.05, 4.69) is 20.6 Å². The lowest BCUT2D eigenvalue weighted by molar-refractivity contribution is -0.124. The Morgan fingerprint density at radius 1 is 0.579 bits per heavy atom. The van der Waals surface area contributed by atoms with Crippen LogP contribution in [-0.4, -0.2) is 35.0 Å². The smallest absolute Gasteiger partial charge is 0.258 e. The average Bonchev–Trinajstić information content (AvgIpc) is 2.98. The third-order valence-electron chi connectivity index (χ3n) is 5.90. The molecular formula is C30H26N4O4. The van der Waals surface area contributed by atoms with E-state index in [0.29, 0.717) is 46.4 Å². The van der Waals surface area contributed by atoms with Crippen LogP contribution in [-0.2, 0) is 22.7 Å². The van der Waals surface area contributed by atoms with Crippen LogP contribution in [0.2, 0.25) is 0 Å². The maximum absolute atomic E-state index is 12.6. The lowest BCUT2D eigenvalue weighted by Crippen LogP contribution is -2.29. The van der Waals surface area contributed by atoms with Gasteiger partial charge >= 0.3 is 0 Å². The van der Waals surface area contributed by atoms with E-state index < -0.39 is 0 Å². The van der Waals surface area contributed by atoms with Crippen molar-refractivity contribution in [2.75, 3.05) is 13.2 Å². The molecule has 8 nitrogen and oxygen atoms in total. The number of ether oxygens (including phenoxy) is 2. The van der Waals surface area contributed by atoms with Gasteiger partial charge in [0.25, 0.3) is 11.8 Å². The Hall–Kier alpha value is -4.98. The molecule has 3 aromatic carbocycles. The number of rotatable bonds is 10. The molecule has 5 rings (SSSR count). The summed E-state index contributed by atoms with van der Waals surface area (Å²) in [6.07, 6.45) is 3.34. The van der Waals surface area contributed by atoms with Crippen molar-refractivity contribution in [3.63, 3.8) is 0 Å². The first kappa shape index (κ1) is 24.7. The van der Waals surface area contributed by atoms with E-state index in [9.17, 15) is 9.59 Å². The van der Waals surface area contributed by atoms with E-state index >= 15 is 0 Å². The first-order chi connectivity index (χ1) is 18.7. The van der Waals surface area contributed by atoms with Gasteiger partial charge in [0.05, 0.1) is 0 Å². The van der Waals surface area contributed by atoms with Gasteiger partial charge in [0.15, 0.2) is 24.7 Å². The van der Waals surface area contributed by atoms with Crippen LogP contribution in [0.4, 0.5) is 0 Å². The fourth-order valence-electron chi connectivity index (χ4n) is 4.06. The molecule has 0 unspecified atom stereocenters. The summed E-state index contributed by atoms with van der Waals surface area (Å²) >= 11 is 0. The maximum atomic E-state index is 12.6. The van der Waals surface area contributed by atoms with Gasteiger partial charge in [-0.05, 0) is 35.4 Å². The van der Waals surface area contributed by atoms with Crippen LogP contribution >= 0.6 is 0 Å². The van der Waals surface area contributed by atoms with E-state index in [4.69, 9.17) is 9.47 Å². The molecule has 0 aliphatic rings. The number of hydrogen-bond donors (Lipinski definition) is 2. The van der Waals surface area contributed by atoms with Crippen molar-refractivity contribution in [1.82, 2.24) is 20.6 Å². The van der Waals surface area contributed by atoms with Crippen LogP contribution in [0.5, 0.6) is 11.5 Å². The molecule has 0 atom stereocenters. The molecule has 2 amide bonds. The van der Waals surface area contributed by atoms with E-state index in [0.717, 1.165) is 11.1 Å². The summed E-state index contributed by atoms with van der Waals surface area (Å²) in [5.74, 6) is 0.0890. The summed E-state index contributed by atoms with van der Waals surface area (Å²) in [5.41, 5.74) is 3.20. The summed E-state index contributed by atoms with van der Waals surface area (Å²) in [6.45, 7) is 0.300. The minimum atomic E-state index is -0.288. The SMILES string of the molecule is O=C(COc1c(OCC(=O)NCc2ccccc2)c2cccnc2c2ncccc12)NCc1ccccc1. The van der Waals surface area contributed by atoms with Crippen LogP contribution in [0, 0.1) is 0 Å². The molecule has 2 N–H and O–H groups in total. The van der Waals surface area contributed by atoms with Crippen molar-refractivity contribution in [2.24, 2.45) is 0 Å². The zero-order valence-corrected chi connectivity index (χ0v) is 20.6. The van der Waals surface area contributed by atoms with Gasteiger partial charge in [0.1, 0.15) is 11.0 Å². The Morgan fingerprint density at radius 3 is 1.42 bits per heavy atom. The molecular weight excluding hydrogens is 480 g/mol. The molecule has 0 saturated heterocycles. The molecule has 0 saturated carbocycles. The van der Waals surface area contributed by atoms with Gasteiger partial charge in [-0.3, -0.25) is 19.6 Å². The molecule has 190 valence electrons. The fraction of sp³-hybridized carbons (Fsp3) is 0.133. The number of pyridine rings is 2. The van der Waals surface area contributed by atoms with Crippen LogP contribution in [0.1, 0.15) is 11.1 Å². The second-order valence-corrected chi connectivity index (χ2v) is 8.56. The molecule has 0 bridgehead atoms. The molecule has 0 aliphatic carbocycles. The first-order valence-corrected chi connectivity index (χ1v) is 12.2. The Balaban J connectivity index is 1.37. The zero-order chi connectivity index (χ0) is 26.2. The number of hydrogen-bond acceptors (Lipinski definition) is 6. The van der Waals surface area contributed by atoms with Gasteiger partial charge in [-0.2, -0.15) is 0 Å². The summed E-state index contributed by atoms with van der Waals surface area (Å²) < 4.78 is 12.1. The van der Waals surface area contributed by atoms with Gasteiger partial charge in [-0.25, -0.2) is 0 Å². The third kappa shape index (κ3) is 5.87. The van der Waals surface area contributed by atoms with Crippen molar-refractivity contribution in [1.29, 1.82) is 0 Å². The minimum absolute atomic E-state index is 0.237. The molecule has 2 aromatic heterocycles. The van der Waals surface area contributed by atoms with Crippen molar-refractivity contribution in [3.8, 4) is 11.5 Å². The van der Waals surface area contributed by atoms with E-state index in [1.807, 2.05) is 72.8 Å². The summed E-state index contributed by atoms with van der Waals surface area (Å²) in [4.78, 5) is 34.2. The zero-order valence-electron chi connectivity index (χ0n) is 20.6. The van der Waals surface area contributed by atoms with Gasteiger partial charge < -0.3 is 20.1 Å². The molecule has 0 radical (unpaired) electrons. The number of nitrogens with one attached hydrogen (secondary N) is 2. The van der Waals surface area contributed by atoms with E-state index in [-0.39, 0.29) is 25.0 Å². The highest BCUT2D eigenvalue weighted by atomic mass is 16.5. The fourth-order valence-corrected chi connectivity index (χ4v) is 4.06. The predicted octanol–water partition coefficient (Wildman–Crippen LogP) is 4.17. The van der Waals surface area contributed by atoms with E-state index in [1.54, 1.807) is 24.5 Å². The normalized spacial score (nSPS) is 10.7. The molecule has 5 aromatic rings. The number of carbonyl (C=O) groups is 2. The molecule has 0 spiro atoms. The number of aromatic nitrogens is 2. The summed E-state index contributed by atoms with van der Waals surface area (Å²) in [7, 11) is 0. The second kappa shape index (κ2) is 11.8. The third-order valence-corrected chi connectivity index (χ3v) is 5.90. The molecule has 0 fully saturated rings. The van der Waals surface area contributed by atoms with E-state index in [1.165, 1.54) is 0 Å². The lowest BCUT2D eigenvalue weighted by atomic mass is 10.1. The largest absolute Gasteiger partial charge is 0.479 e.